The van der Waals surface area contributed by atoms with Gasteiger partial charge in [0.05, 0.1) is 5.25 Å². The van der Waals surface area contributed by atoms with E-state index in [-0.39, 0.29) is 11.3 Å². The Kier molecular flexibility index (Phi) is 4.44. The van der Waals surface area contributed by atoms with Crippen LogP contribution < -0.4 is 5.32 Å². The average Bonchev–Trinajstić information content (AvgIpc) is 2.30. The van der Waals surface area contributed by atoms with E-state index >= 15 is 0 Å². The molecule has 2 rings (SSSR count). The maximum Gasteiger partial charge on any atom is 0.151 e. The van der Waals surface area contributed by atoms with Crippen LogP contribution in [0.15, 0.2) is 0 Å². The highest BCUT2D eigenvalue weighted by atomic mass is 32.2. The van der Waals surface area contributed by atoms with Crippen molar-refractivity contribution in [1.29, 1.82) is 0 Å². The summed E-state index contributed by atoms with van der Waals surface area (Å²) in [5.41, 5.74) is 0. The predicted molar refractivity (Wildman–Crippen MR) is 67.9 cm³/mol. The summed E-state index contributed by atoms with van der Waals surface area (Å²) in [7, 11) is -2.92. The topological polar surface area (TPSA) is 55.4 Å². The Balaban J connectivity index is 1.96. The quantitative estimate of drug-likeness (QED) is 0.827. The number of nitrogens with one attached hydrogen (secondary N) is 1. The van der Waals surface area contributed by atoms with Gasteiger partial charge < -0.3 is 10.1 Å². The molecule has 1 N–H and O–H groups in total. The third kappa shape index (κ3) is 3.66. The molecular weight excluding hydrogens is 238 g/mol. The highest BCUT2D eigenvalue weighted by Gasteiger charge is 2.33. The van der Waals surface area contributed by atoms with Gasteiger partial charge in [0.15, 0.2) is 9.84 Å². The first-order chi connectivity index (χ1) is 8.07. The lowest BCUT2D eigenvalue weighted by molar-refractivity contribution is 0.0734. The molecule has 1 aliphatic carbocycles. The van der Waals surface area contributed by atoms with E-state index in [4.69, 9.17) is 4.74 Å². The van der Waals surface area contributed by atoms with Crippen molar-refractivity contribution < 1.29 is 13.2 Å². The summed E-state index contributed by atoms with van der Waals surface area (Å²) in [4.78, 5) is 0. The second-order valence-electron chi connectivity index (χ2n) is 5.31. The number of hydrogen-bond acceptors (Lipinski definition) is 4. The Morgan fingerprint density at radius 3 is 2.35 bits per heavy atom. The highest BCUT2D eigenvalue weighted by molar-refractivity contribution is 7.91. The molecule has 0 unspecified atom stereocenters. The molecular formula is C12H23NO3S. The first-order valence-electron chi connectivity index (χ1n) is 6.60. The highest BCUT2D eigenvalue weighted by Crippen LogP contribution is 2.25. The fourth-order valence-electron chi connectivity index (χ4n) is 2.97. The standard InChI is InChI=1S/C12H23NO3S/c1-17(14,15)12-5-3-2-4-11(12)13-10-6-8-16-9-7-10/h10-13H,2-9H2,1H3/t11-,12+/m0/s1. The van der Waals surface area contributed by atoms with Crippen molar-refractivity contribution in [3.8, 4) is 0 Å². The molecule has 2 fully saturated rings. The van der Waals surface area contributed by atoms with Gasteiger partial charge in [0.1, 0.15) is 0 Å². The molecule has 1 saturated heterocycles. The van der Waals surface area contributed by atoms with Crippen molar-refractivity contribution in [2.75, 3.05) is 19.5 Å². The molecule has 0 aromatic carbocycles. The lowest BCUT2D eigenvalue weighted by Gasteiger charge is -2.35. The van der Waals surface area contributed by atoms with Gasteiger partial charge in [-0.1, -0.05) is 12.8 Å². The van der Waals surface area contributed by atoms with Crippen LogP contribution in [0.25, 0.3) is 0 Å². The Morgan fingerprint density at radius 1 is 1.06 bits per heavy atom. The van der Waals surface area contributed by atoms with E-state index in [0.29, 0.717) is 6.04 Å². The van der Waals surface area contributed by atoms with Crippen LogP contribution in [0.4, 0.5) is 0 Å². The van der Waals surface area contributed by atoms with Crippen molar-refractivity contribution >= 4 is 9.84 Å². The van der Waals surface area contributed by atoms with Crippen molar-refractivity contribution in [3.05, 3.63) is 0 Å². The van der Waals surface area contributed by atoms with E-state index in [2.05, 4.69) is 5.32 Å². The lowest BCUT2D eigenvalue weighted by Crippen LogP contribution is -2.51. The predicted octanol–water partition coefficient (Wildman–Crippen LogP) is 1.11. The van der Waals surface area contributed by atoms with E-state index in [1.807, 2.05) is 0 Å². The zero-order valence-electron chi connectivity index (χ0n) is 10.5. The molecule has 0 amide bonds. The molecule has 5 heteroatoms. The van der Waals surface area contributed by atoms with Gasteiger partial charge in [0, 0.05) is 31.6 Å². The van der Waals surface area contributed by atoms with Crippen LogP contribution in [0.3, 0.4) is 0 Å². The van der Waals surface area contributed by atoms with Crippen LogP contribution in [0.2, 0.25) is 0 Å². The van der Waals surface area contributed by atoms with Crippen LogP contribution in [0.5, 0.6) is 0 Å². The van der Waals surface area contributed by atoms with Crippen LogP contribution in [-0.4, -0.2) is 45.2 Å². The average molecular weight is 261 g/mol. The Bertz CT molecular complexity index is 336. The molecule has 100 valence electrons. The summed E-state index contributed by atoms with van der Waals surface area (Å²) < 4.78 is 28.9. The maximum absolute atomic E-state index is 11.8. The molecule has 1 saturated carbocycles. The molecule has 0 aromatic rings. The molecule has 2 aliphatic rings. The second-order valence-corrected chi connectivity index (χ2v) is 7.58. The largest absolute Gasteiger partial charge is 0.381 e. The summed E-state index contributed by atoms with van der Waals surface area (Å²) in [6.45, 7) is 1.60. The maximum atomic E-state index is 11.8. The van der Waals surface area contributed by atoms with E-state index in [1.54, 1.807) is 0 Å². The van der Waals surface area contributed by atoms with Gasteiger partial charge in [0.2, 0.25) is 0 Å². The molecule has 1 aliphatic heterocycles. The number of rotatable bonds is 3. The summed E-state index contributed by atoms with van der Waals surface area (Å²) in [5, 5.41) is 3.37. The first-order valence-corrected chi connectivity index (χ1v) is 8.55. The minimum absolute atomic E-state index is 0.154. The normalized spacial score (nSPS) is 32.5. The first kappa shape index (κ1) is 13.3. The smallest absolute Gasteiger partial charge is 0.151 e. The fraction of sp³-hybridized carbons (Fsp3) is 1.00. The Morgan fingerprint density at radius 2 is 1.71 bits per heavy atom. The van der Waals surface area contributed by atoms with Crippen LogP contribution in [0.1, 0.15) is 38.5 Å². The van der Waals surface area contributed by atoms with Crippen LogP contribution >= 0.6 is 0 Å². The zero-order chi connectivity index (χ0) is 12.3. The molecule has 2 atom stereocenters. The van der Waals surface area contributed by atoms with Crippen LogP contribution in [-0.2, 0) is 14.6 Å². The summed E-state index contributed by atoms with van der Waals surface area (Å²) in [6.07, 6.45) is 7.40. The van der Waals surface area contributed by atoms with E-state index in [9.17, 15) is 8.42 Å². The summed E-state index contributed by atoms with van der Waals surface area (Å²) >= 11 is 0. The van der Waals surface area contributed by atoms with Crippen molar-refractivity contribution in [1.82, 2.24) is 5.32 Å². The van der Waals surface area contributed by atoms with Crippen molar-refractivity contribution in [3.63, 3.8) is 0 Å². The minimum atomic E-state index is -2.92. The molecule has 0 aromatic heterocycles. The second kappa shape index (κ2) is 5.67. The third-order valence-corrected chi connectivity index (χ3v) is 5.59. The van der Waals surface area contributed by atoms with Crippen LogP contribution in [0, 0.1) is 0 Å². The fourth-order valence-corrected chi connectivity index (χ4v) is 4.37. The molecule has 0 spiro atoms. The van der Waals surface area contributed by atoms with Crippen molar-refractivity contribution in [2.24, 2.45) is 0 Å². The summed E-state index contributed by atoms with van der Waals surface area (Å²) in [6, 6.07) is 0.595. The molecule has 4 nitrogen and oxygen atoms in total. The number of hydrogen-bond donors (Lipinski definition) is 1. The monoisotopic (exact) mass is 261 g/mol. The van der Waals surface area contributed by atoms with Gasteiger partial charge in [-0.3, -0.25) is 0 Å². The van der Waals surface area contributed by atoms with Gasteiger partial charge >= 0.3 is 0 Å². The SMILES string of the molecule is CS(=O)(=O)[C@@H]1CCCC[C@@H]1NC1CCOCC1. The minimum Gasteiger partial charge on any atom is -0.381 e. The summed E-state index contributed by atoms with van der Waals surface area (Å²) in [5.74, 6) is 0. The van der Waals surface area contributed by atoms with Gasteiger partial charge in [-0.2, -0.15) is 0 Å². The van der Waals surface area contributed by atoms with Gasteiger partial charge in [0.25, 0.3) is 0 Å². The number of sulfone groups is 1. The third-order valence-electron chi connectivity index (χ3n) is 3.92. The van der Waals surface area contributed by atoms with Crippen molar-refractivity contribution in [2.45, 2.75) is 55.9 Å². The zero-order valence-corrected chi connectivity index (χ0v) is 11.3. The van der Waals surface area contributed by atoms with E-state index in [0.717, 1.165) is 51.7 Å². The molecule has 0 radical (unpaired) electrons. The van der Waals surface area contributed by atoms with Gasteiger partial charge in [-0.25, -0.2) is 8.42 Å². The molecule has 0 bridgehead atoms. The van der Waals surface area contributed by atoms with Gasteiger partial charge in [-0.05, 0) is 25.7 Å². The Hall–Kier alpha value is -0.130. The van der Waals surface area contributed by atoms with Gasteiger partial charge in [-0.15, -0.1) is 0 Å². The molecule has 1 heterocycles. The Labute approximate surface area is 104 Å². The number of ether oxygens (including phenoxy) is 1. The lowest BCUT2D eigenvalue weighted by atomic mass is 9.93. The molecule has 17 heavy (non-hydrogen) atoms. The van der Waals surface area contributed by atoms with E-state index in [1.165, 1.54) is 6.26 Å². The van der Waals surface area contributed by atoms with E-state index < -0.39 is 9.84 Å².